The van der Waals surface area contributed by atoms with E-state index in [4.69, 9.17) is 0 Å². The van der Waals surface area contributed by atoms with E-state index in [2.05, 4.69) is 6.92 Å². The molecule has 1 rings (SSSR count). The van der Waals surface area contributed by atoms with Gasteiger partial charge in [-0.1, -0.05) is 50.6 Å². The van der Waals surface area contributed by atoms with E-state index in [1.165, 1.54) is 43.6 Å². The molecule has 1 aromatic rings. The van der Waals surface area contributed by atoms with Crippen LogP contribution >= 0.6 is 11.5 Å². The molecule has 1 heterocycles. The van der Waals surface area contributed by atoms with Crippen molar-refractivity contribution < 1.29 is 24.8 Å². The first-order valence-electron chi connectivity index (χ1n) is 5.49. The average molecular weight is 324 g/mol. The van der Waals surface area contributed by atoms with Crippen LogP contribution in [0.15, 0.2) is 16.2 Å². The molecule has 0 radical (unpaired) electrons. The third-order valence-electron chi connectivity index (χ3n) is 2.36. The van der Waals surface area contributed by atoms with Gasteiger partial charge in [0.2, 0.25) is 0 Å². The fraction of sp³-hybridized carbons (Fsp3) is 0.727. The van der Waals surface area contributed by atoms with Gasteiger partial charge in [-0.25, -0.2) is 0 Å². The molecule has 0 spiro atoms. The zero-order valence-corrected chi connectivity index (χ0v) is 14.9. The Morgan fingerprint density at radius 3 is 2.24 bits per heavy atom. The van der Waals surface area contributed by atoms with E-state index in [0.717, 1.165) is 13.0 Å². The van der Waals surface area contributed by atoms with Gasteiger partial charge in [-0.3, -0.25) is 8.75 Å². The molecule has 0 fully saturated rings. The van der Waals surface area contributed by atoms with Gasteiger partial charge in [-0.15, -0.1) is 0 Å². The molecule has 0 amide bonds. The van der Waals surface area contributed by atoms with Crippen LogP contribution < -0.4 is 30.4 Å². The Labute approximate surface area is 150 Å². The van der Waals surface area contributed by atoms with Crippen LogP contribution in [0.5, 0.6) is 0 Å². The van der Waals surface area contributed by atoms with Gasteiger partial charge in [-0.2, -0.15) is 0 Å². The molecule has 0 unspecified atom stereocenters. The summed E-state index contributed by atoms with van der Waals surface area (Å²) in [5.74, 6) is 0. The zero-order valence-electron chi connectivity index (χ0n) is 10.3. The van der Waals surface area contributed by atoms with Crippen LogP contribution in [0.25, 0.3) is 0 Å². The Balaban J connectivity index is -0.000000653. The predicted octanol–water partition coefficient (Wildman–Crippen LogP) is -3.10. The topological polar surface area (TPSA) is 22.0 Å². The Morgan fingerprint density at radius 2 is 1.71 bits per heavy atom. The van der Waals surface area contributed by atoms with Crippen molar-refractivity contribution in [2.45, 2.75) is 52.0 Å². The fourth-order valence-electron chi connectivity index (χ4n) is 1.50. The van der Waals surface area contributed by atoms with Crippen molar-refractivity contribution in [2.75, 3.05) is 0 Å². The Bertz CT molecular complexity index is 304. The largest absolute Gasteiger partial charge is 2.00 e. The first kappa shape index (κ1) is 23.4. The van der Waals surface area contributed by atoms with Gasteiger partial charge < -0.3 is 24.8 Å². The number of halogens is 2. The number of hydrogen-bond acceptors (Lipinski definition) is 2. The molecule has 1 aromatic heterocycles. The number of hydrogen-bond donors (Lipinski definition) is 0. The first-order valence-corrected chi connectivity index (χ1v) is 6.33. The SMILES string of the molecule is CCCCCCCCn1sccc1=O.[Ca+2].[Cl-].[Cl-]. The first-order chi connectivity index (χ1) is 6.84. The van der Waals surface area contributed by atoms with E-state index in [1.807, 2.05) is 9.34 Å². The third kappa shape index (κ3) is 10.8. The van der Waals surface area contributed by atoms with Crippen molar-refractivity contribution in [2.24, 2.45) is 0 Å². The smallest absolute Gasteiger partial charge is 1.00 e. The van der Waals surface area contributed by atoms with E-state index >= 15 is 0 Å². The van der Waals surface area contributed by atoms with Gasteiger partial charge in [0, 0.05) is 18.0 Å². The van der Waals surface area contributed by atoms with E-state index < -0.39 is 0 Å². The van der Waals surface area contributed by atoms with Crippen molar-refractivity contribution in [3.8, 4) is 0 Å². The maximum atomic E-state index is 11.2. The summed E-state index contributed by atoms with van der Waals surface area (Å²) in [6.07, 6.45) is 7.70. The minimum atomic E-state index is 0. The molecule has 0 aliphatic heterocycles. The van der Waals surface area contributed by atoms with Gasteiger partial charge in [0.25, 0.3) is 5.56 Å². The molecule has 0 atom stereocenters. The third-order valence-corrected chi connectivity index (χ3v) is 3.23. The maximum absolute atomic E-state index is 11.2. The van der Waals surface area contributed by atoms with Crippen molar-refractivity contribution in [1.29, 1.82) is 0 Å². The minimum absolute atomic E-state index is 0. The summed E-state index contributed by atoms with van der Waals surface area (Å²) in [5, 5.41) is 1.86. The maximum Gasteiger partial charge on any atom is 2.00 e. The summed E-state index contributed by atoms with van der Waals surface area (Å²) in [7, 11) is 0. The molecule has 0 saturated heterocycles. The van der Waals surface area contributed by atoms with Crippen LogP contribution in [0.1, 0.15) is 45.4 Å². The standard InChI is InChI=1S/C11H19NOS.Ca.2ClH/c1-2-3-4-5-6-7-9-12-11(13)8-10-14-12;;;/h8,10H,2-7,9H2,1H3;;2*1H/q;+2;;/p-2. The number of nitrogens with zero attached hydrogens (tertiary/aromatic N) is 1. The molecule has 17 heavy (non-hydrogen) atoms. The van der Waals surface area contributed by atoms with Gasteiger partial charge >= 0.3 is 37.7 Å². The summed E-state index contributed by atoms with van der Waals surface area (Å²) in [4.78, 5) is 11.2. The monoisotopic (exact) mass is 323 g/mol. The summed E-state index contributed by atoms with van der Waals surface area (Å²) >= 11 is 1.52. The molecule has 0 N–H and O–H groups in total. The van der Waals surface area contributed by atoms with Crippen LogP contribution in [0, 0.1) is 0 Å². The Kier molecular flexibility index (Phi) is 21.1. The number of aryl methyl sites for hydroxylation is 1. The van der Waals surface area contributed by atoms with Crippen molar-refractivity contribution >= 4 is 49.3 Å². The summed E-state index contributed by atoms with van der Waals surface area (Å²) < 4.78 is 1.83. The molecular weight excluding hydrogens is 305 g/mol. The normalized spacial score (nSPS) is 8.76. The average Bonchev–Trinajstić information content (AvgIpc) is 2.58. The second-order valence-electron chi connectivity index (χ2n) is 3.62. The predicted molar refractivity (Wildman–Crippen MR) is 67.7 cm³/mol. The van der Waals surface area contributed by atoms with Crippen LogP contribution in [-0.2, 0) is 6.54 Å². The molecule has 0 aliphatic rings. The van der Waals surface area contributed by atoms with E-state index in [-0.39, 0.29) is 68.1 Å². The summed E-state index contributed by atoms with van der Waals surface area (Å²) in [5.41, 5.74) is 0.156. The van der Waals surface area contributed by atoms with Crippen LogP contribution in [0.3, 0.4) is 0 Å². The fourth-order valence-corrected chi connectivity index (χ4v) is 2.22. The van der Waals surface area contributed by atoms with Crippen molar-refractivity contribution in [3.63, 3.8) is 0 Å². The molecule has 0 saturated carbocycles. The molecule has 2 nitrogen and oxygen atoms in total. The number of rotatable bonds is 7. The Morgan fingerprint density at radius 1 is 1.12 bits per heavy atom. The van der Waals surface area contributed by atoms with Crippen LogP contribution in [-0.4, -0.2) is 41.7 Å². The molecule has 0 aromatic carbocycles. The van der Waals surface area contributed by atoms with Gasteiger partial charge in [0.1, 0.15) is 0 Å². The molecule has 96 valence electrons. The second-order valence-corrected chi connectivity index (χ2v) is 4.54. The molecular formula is C11H19CaCl2NOS. The summed E-state index contributed by atoms with van der Waals surface area (Å²) in [6.45, 7) is 3.13. The van der Waals surface area contributed by atoms with Gasteiger partial charge in [0.05, 0.1) is 0 Å². The molecule has 0 aliphatic carbocycles. The van der Waals surface area contributed by atoms with Gasteiger partial charge in [0.15, 0.2) is 0 Å². The van der Waals surface area contributed by atoms with Crippen LogP contribution in [0.2, 0.25) is 0 Å². The van der Waals surface area contributed by atoms with Gasteiger partial charge in [-0.05, 0) is 6.42 Å². The van der Waals surface area contributed by atoms with Crippen molar-refractivity contribution in [3.05, 3.63) is 21.8 Å². The van der Waals surface area contributed by atoms with Crippen molar-refractivity contribution in [1.82, 2.24) is 3.96 Å². The molecule has 0 bridgehead atoms. The number of unbranched alkanes of at least 4 members (excludes halogenated alkanes) is 5. The zero-order chi connectivity index (χ0) is 10.2. The van der Waals surface area contributed by atoms with E-state index in [9.17, 15) is 4.79 Å². The minimum Gasteiger partial charge on any atom is -1.00 e. The Hall–Kier alpha value is 1.27. The van der Waals surface area contributed by atoms with E-state index in [1.54, 1.807) is 6.07 Å². The molecule has 6 heteroatoms. The number of aromatic nitrogens is 1. The quantitative estimate of drug-likeness (QED) is 0.385. The summed E-state index contributed by atoms with van der Waals surface area (Å²) in [6, 6.07) is 1.64. The van der Waals surface area contributed by atoms with Crippen LogP contribution in [0.4, 0.5) is 0 Å². The van der Waals surface area contributed by atoms with E-state index in [0.29, 0.717) is 0 Å². The second kappa shape index (κ2) is 15.3.